The Bertz CT molecular complexity index is 174. The van der Waals surface area contributed by atoms with E-state index in [0.29, 0.717) is 13.0 Å². The zero-order valence-corrected chi connectivity index (χ0v) is 7.86. The van der Waals surface area contributed by atoms with Crippen molar-refractivity contribution in [1.29, 1.82) is 0 Å². The number of ether oxygens (including phenoxy) is 1. The summed E-state index contributed by atoms with van der Waals surface area (Å²) in [5, 5.41) is 2.82. The number of hydrogen-bond donors (Lipinski definition) is 1. The third kappa shape index (κ3) is 11.3. The summed E-state index contributed by atoms with van der Waals surface area (Å²) in [4.78, 5) is 0. The van der Waals surface area contributed by atoms with Gasteiger partial charge in [0.25, 0.3) is 0 Å². The van der Waals surface area contributed by atoms with Crippen LogP contribution in [0.25, 0.3) is 0 Å². The lowest BCUT2D eigenvalue weighted by Crippen LogP contribution is -2.24. The summed E-state index contributed by atoms with van der Waals surface area (Å²) < 4.78 is 37.9. The molecule has 0 spiro atoms. The third-order valence-corrected chi connectivity index (χ3v) is 1.47. The fourth-order valence-corrected chi connectivity index (χ4v) is 0.841. The van der Waals surface area contributed by atoms with E-state index < -0.39 is 6.36 Å². The van der Waals surface area contributed by atoms with Crippen LogP contribution in [-0.2, 0) is 4.74 Å². The fraction of sp³-hybridized carbons (Fsp3) is 0.778. The minimum Gasteiger partial charge on any atom is -0.314 e. The summed E-state index contributed by atoms with van der Waals surface area (Å²) in [5.74, 6) is 2.49. The van der Waals surface area contributed by atoms with Crippen LogP contribution in [0, 0.1) is 12.3 Å². The molecule has 0 bridgehead atoms. The summed E-state index contributed by atoms with van der Waals surface area (Å²) >= 11 is 0. The molecule has 0 heterocycles. The highest BCUT2D eigenvalue weighted by Crippen LogP contribution is 2.14. The van der Waals surface area contributed by atoms with Crippen LogP contribution in [0.4, 0.5) is 13.2 Å². The summed E-state index contributed by atoms with van der Waals surface area (Å²) in [5.41, 5.74) is 0. The molecule has 0 aliphatic heterocycles. The topological polar surface area (TPSA) is 21.3 Å². The number of halogens is 3. The van der Waals surface area contributed by atoms with Crippen LogP contribution in [0.1, 0.15) is 19.3 Å². The lowest BCUT2D eigenvalue weighted by atomic mass is 10.2. The van der Waals surface area contributed by atoms with Crippen molar-refractivity contribution in [2.75, 3.05) is 19.7 Å². The average Bonchev–Trinajstić information content (AvgIpc) is 2.08. The molecule has 0 aliphatic rings. The van der Waals surface area contributed by atoms with Crippen molar-refractivity contribution in [3.63, 3.8) is 0 Å². The van der Waals surface area contributed by atoms with E-state index in [2.05, 4.69) is 16.0 Å². The molecule has 0 atom stereocenters. The van der Waals surface area contributed by atoms with E-state index in [4.69, 9.17) is 6.42 Å². The van der Waals surface area contributed by atoms with Crippen LogP contribution in [0.5, 0.6) is 0 Å². The number of unbranched alkanes of at least 4 members (excludes halogenated alkanes) is 2. The van der Waals surface area contributed by atoms with Crippen LogP contribution in [0.15, 0.2) is 0 Å². The average molecular weight is 209 g/mol. The second-order valence-electron chi connectivity index (χ2n) is 2.71. The normalized spacial score (nSPS) is 11.3. The van der Waals surface area contributed by atoms with E-state index in [0.717, 1.165) is 12.8 Å². The maximum absolute atomic E-state index is 11.5. The second kappa shape index (κ2) is 7.65. The molecule has 1 N–H and O–H groups in total. The van der Waals surface area contributed by atoms with E-state index in [1.165, 1.54) is 0 Å². The predicted octanol–water partition coefficient (Wildman–Crippen LogP) is 1.92. The van der Waals surface area contributed by atoms with Gasteiger partial charge in [-0.3, -0.25) is 4.74 Å². The molecule has 0 aromatic rings. The molecule has 2 nitrogen and oxygen atoms in total. The van der Waals surface area contributed by atoms with Gasteiger partial charge in [0.2, 0.25) is 0 Å². The van der Waals surface area contributed by atoms with Gasteiger partial charge in [-0.2, -0.15) is 0 Å². The minimum atomic E-state index is -4.52. The standard InChI is InChI=1S/C9H14F3NO/c1-2-3-4-5-6-13-7-8-14-9(10,11)12/h1,13H,3-8H2. The highest BCUT2D eigenvalue weighted by Gasteiger charge is 2.28. The first-order chi connectivity index (χ1) is 6.56. The lowest BCUT2D eigenvalue weighted by molar-refractivity contribution is -0.323. The van der Waals surface area contributed by atoms with Gasteiger partial charge in [-0.15, -0.1) is 25.5 Å². The molecule has 0 aromatic carbocycles. The maximum Gasteiger partial charge on any atom is 0.522 e. The van der Waals surface area contributed by atoms with E-state index >= 15 is 0 Å². The number of nitrogens with one attached hydrogen (secondary N) is 1. The zero-order chi connectivity index (χ0) is 10.9. The molecule has 0 radical (unpaired) electrons. The van der Waals surface area contributed by atoms with Gasteiger partial charge in [-0.05, 0) is 19.4 Å². The predicted molar refractivity (Wildman–Crippen MR) is 47.6 cm³/mol. The van der Waals surface area contributed by atoms with E-state index in [-0.39, 0.29) is 13.2 Å². The Balaban J connectivity index is 3.04. The van der Waals surface area contributed by atoms with E-state index in [9.17, 15) is 13.2 Å². The molecule has 0 rings (SSSR count). The Morgan fingerprint density at radius 1 is 1.21 bits per heavy atom. The fourth-order valence-electron chi connectivity index (χ4n) is 0.841. The Hall–Kier alpha value is -0.730. The number of hydrogen-bond acceptors (Lipinski definition) is 2. The van der Waals surface area contributed by atoms with Crippen molar-refractivity contribution in [2.45, 2.75) is 25.6 Å². The smallest absolute Gasteiger partial charge is 0.314 e. The number of terminal acetylenes is 1. The van der Waals surface area contributed by atoms with Gasteiger partial charge in [-0.1, -0.05) is 0 Å². The third-order valence-electron chi connectivity index (χ3n) is 1.47. The first-order valence-corrected chi connectivity index (χ1v) is 4.41. The largest absolute Gasteiger partial charge is 0.522 e. The van der Waals surface area contributed by atoms with E-state index in [1.54, 1.807) is 0 Å². The molecular formula is C9H14F3NO. The van der Waals surface area contributed by atoms with Crippen LogP contribution in [0.2, 0.25) is 0 Å². The summed E-state index contributed by atoms with van der Waals surface area (Å²) in [6, 6.07) is 0. The van der Waals surface area contributed by atoms with Crippen LogP contribution in [0.3, 0.4) is 0 Å². The van der Waals surface area contributed by atoms with Crippen molar-refractivity contribution in [1.82, 2.24) is 5.32 Å². The van der Waals surface area contributed by atoms with Crippen LogP contribution >= 0.6 is 0 Å². The molecule has 0 saturated carbocycles. The Labute approximate surface area is 81.8 Å². The molecule has 0 unspecified atom stereocenters. The minimum absolute atomic E-state index is 0.204. The van der Waals surface area contributed by atoms with E-state index in [1.807, 2.05) is 0 Å². The van der Waals surface area contributed by atoms with Gasteiger partial charge in [0, 0.05) is 13.0 Å². The first-order valence-electron chi connectivity index (χ1n) is 4.41. The molecule has 0 amide bonds. The van der Waals surface area contributed by atoms with Gasteiger partial charge in [-0.25, -0.2) is 0 Å². The lowest BCUT2D eigenvalue weighted by Gasteiger charge is -2.07. The summed E-state index contributed by atoms with van der Waals surface area (Å²) in [6.07, 6.45) is 2.97. The molecule has 5 heteroatoms. The van der Waals surface area contributed by atoms with Gasteiger partial charge in [0.1, 0.15) is 0 Å². The molecule has 0 aliphatic carbocycles. The van der Waals surface area contributed by atoms with Crippen LogP contribution in [-0.4, -0.2) is 26.1 Å². The monoisotopic (exact) mass is 209 g/mol. The summed E-state index contributed by atoms with van der Waals surface area (Å²) in [6.45, 7) is 0.525. The quantitative estimate of drug-likeness (QED) is 0.511. The van der Waals surface area contributed by atoms with Crippen molar-refractivity contribution in [3.8, 4) is 12.3 Å². The Kier molecular flexibility index (Phi) is 7.25. The van der Waals surface area contributed by atoms with Crippen LogP contribution < -0.4 is 5.32 Å². The summed E-state index contributed by atoms with van der Waals surface area (Å²) in [7, 11) is 0. The number of alkyl halides is 3. The molecule has 0 aromatic heterocycles. The highest BCUT2D eigenvalue weighted by atomic mass is 19.4. The van der Waals surface area contributed by atoms with Gasteiger partial charge in [0.15, 0.2) is 0 Å². The SMILES string of the molecule is C#CCCCCNCCOC(F)(F)F. The number of rotatable bonds is 7. The Morgan fingerprint density at radius 2 is 1.93 bits per heavy atom. The van der Waals surface area contributed by atoms with Crippen molar-refractivity contribution < 1.29 is 17.9 Å². The van der Waals surface area contributed by atoms with Crippen molar-refractivity contribution in [3.05, 3.63) is 0 Å². The first kappa shape index (κ1) is 13.3. The zero-order valence-electron chi connectivity index (χ0n) is 7.86. The van der Waals surface area contributed by atoms with Gasteiger partial charge < -0.3 is 5.32 Å². The molecular weight excluding hydrogens is 195 g/mol. The molecule has 0 saturated heterocycles. The van der Waals surface area contributed by atoms with Gasteiger partial charge in [0.05, 0.1) is 6.61 Å². The Morgan fingerprint density at radius 3 is 2.50 bits per heavy atom. The maximum atomic E-state index is 11.5. The van der Waals surface area contributed by atoms with Crippen molar-refractivity contribution in [2.24, 2.45) is 0 Å². The highest BCUT2D eigenvalue weighted by molar-refractivity contribution is 4.82. The van der Waals surface area contributed by atoms with Gasteiger partial charge >= 0.3 is 6.36 Å². The van der Waals surface area contributed by atoms with Crippen molar-refractivity contribution >= 4 is 0 Å². The molecule has 14 heavy (non-hydrogen) atoms. The second-order valence-corrected chi connectivity index (χ2v) is 2.71. The molecule has 0 fully saturated rings. The molecule has 82 valence electrons.